The third kappa shape index (κ3) is 3.43. The number of hydrogen-bond acceptors (Lipinski definition) is 6. The van der Waals surface area contributed by atoms with Gasteiger partial charge < -0.3 is 19.3 Å². The normalized spacial score (nSPS) is 18.2. The van der Waals surface area contributed by atoms with Crippen LogP contribution in [0, 0.1) is 0 Å². The zero-order chi connectivity index (χ0) is 17.9. The Hall–Kier alpha value is -2.06. The molecule has 0 unspecified atom stereocenters. The minimum atomic E-state index is -0.0596. The van der Waals surface area contributed by atoms with Crippen LogP contribution in [-0.2, 0) is 4.74 Å². The highest BCUT2D eigenvalue weighted by Crippen LogP contribution is 2.39. The largest absolute Gasteiger partial charge is 0.494 e. The third-order valence-electron chi connectivity index (χ3n) is 4.91. The quantitative estimate of drug-likeness (QED) is 0.891. The number of piperidine rings is 1. The monoisotopic (exact) mass is 376 g/mol. The average Bonchev–Trinajstić information content (AvgIpc) is 3.12. The van der Waals surface area contributed by atoms with Gasteiger partial charge in [-0.1, -0.05) is 11.3 Å². The summed E-state index contributed by atoms with van der Waals surface area (Å²) >= 11 is 1.51. The van der Waals surface area contributed by atoms with Crippen LogP contribution in [0.5, 0.6) is 5.75 Å². The van der Waals surface area contributed by atoms with Gasteiger partial charge in [-0.3, -0.25) is 5.32 Å². The number of carbonyl (C=O) groups is 1. The molecule has 3 heterocycles. The van der Waals surface area contributed by atoms with Gasteiger partial charge in [0, 0.05) is 26.2 Å². The van der Waals surface area contributed by atoms with E-state index in [0.717, 1.165) is 73.9 Å². The number of carbonyl (C=O) groups excluding carboxylic acids is 1. The number of likely N-dealkylation sites (tertiary alicyclic amines) is 1. The standard InChI is InChI=1S/C18H24N4O3S/c1-24-14-6-5-13(21-9-11-25-12-10-21)16-15(14)19-17(26-16)20-18(23)22-7-3-2-4-8-22/h5-6H,2-4,7-12H2,1H3,(H,19,20,23). The summed E-state index contributed by atoms with van der Waals surface area (Å²) in [6.07, 6.45) is 3.34. The minimum Gasteiger partial charge on any atom is -0.494 e. The summed E-state index contributed by atoms with van der Waals surface area (Å²) in [6, 6.07) is 3.96. The highest BCUT2D eigenvalue weighted by atomic mass is 32.1. The second-order valence-electron chi connectivity index (χ2n) is 6.56. The first-order chi connectivity index (χ1) is 12.8. The van der Waals surface area contributed by atoms with Crippen molar-refractivity contribution in [3.8, 4) is 5.75 Å². The number of aromatic nitrogens is 1. The fourth-order valence-electron chi connectivity index (χ4n) is 3.51. The van der Waals surface area contributed by atoms with E-state index in [4.69, 9.17) is 9.47 Å². The number of anilines is 2. The smallest absolute Gasteiger partial charge is 0.323 e. The summed E-state index contributed by atoms with van der Waals surface area (Å²) in [5.41, 5.74) is 1.93. The molecule has 2 amide bonds. The molecule has 1 N–H and O–H groups in total. The number of thiazole rings is 1. The highest BCUT2D eigenvalue weighted by Gasteiger charge is 2.21. The highest BCUT2D eigenvalue weighted by molar-refractivity contribution is 7.23. The number of rotatable bonds is 3. The number of fused-ring (bicyclic) bond motifs is 1. The van der Waals surface area contributed by atoms with Gasteiger partial charge >= 0.3 is 6.03 Å². The van der Waals surface area contributed by atoms with E-state index in [1.165, 1.54) is 17.8 Å². The summed E-state index contributed by atoms with van der Waals surface area (Å²) < 4.78 is 12.0. The lowest BCUT2D eigenvalue weighted by Gasteiger charge is -2.29. The van der Waals surface area contributed by atoms with Crippen molar-refractivity contribution in [2.45, 2.75) is 19.3 Å². The topological polar surface area (TPSA) is 66.9 Å². The van der Waals surface area contributed by atoms with Crippen LogP contribution < -0.4 is 15.0 Å². The second kappa shape index (κ2) is 7.67. The maximum absolute atomic E-state index is 12.5. The van der Waals surface area contributed by atoms with Crippen LogP contribution >= 0.6 is 11.3 Å². The molecule has 2 aromatic rings. The molecule has 0 aliphatic carbocycles. The number of amides is 2. The van der Waals surface area contributed by atoms with Crippen molar-refractivity contribution >= 4 is 38.4 Å². The fraction of sp³-hybridized carbons (Fsp3) is 0.556. The Kier molecular flexibility index (Phi) is 5.12. The lowest BCUT2D eigenvalue weighted by atomic mass is 10.1. The van der Waals surface area contributed by atoms with Gasteiger partial charge in [0.2, 0.25) is 0 Å². The van der Waals surface area contributed by atoms with Crippen molar-refractivity contribution in [3.05, 3.63) is 12.1 Å². The first kappa shape index (κ1) is 17.4. The Labute approximate surface area is 156 Å². The molecule has 2 aliphatic heterocycles. The maximum Gasteiger partial charge on any atom is 0.323 e. The van der Waals surface area contributed by atoms with E-state index in [1.807, 2.05) is 11.0 Å². The van der Waals surface area contributed by atoms with Gasteiger partial charge in [-0.25, -0.2) is 9.78 Å². The molecule has 0 spiro atoms. The first-order valence-corrected chi connectivity index (χ1v) is 9.94. The molecule has 0 radical (unpaired) electrons. The van der Waals surface area contributed by atoms with Gasteiger partial charge in [0.25, 0.3) is 0 Å². The average molecular weight is 376 g/mol. The molecule has 0 saturated carbocycles. The van der Waals surface area contributed by atoms with Crippen LogP contribution in [0.15, 0.2) is 12.1 Å². The molecule has 1 aromatic heterocycles. The Morgan fingerprint density at radius 1 is 1.19 bits per heavy atom. The van der Waals surface area contributed by atoms with Crippen LogP contribution in [0.25, 0.3) is 10.2 Å². The SMILES string of the molecule is COc1ccc(N2CCOCC2)c2sc(NC(=O)N3CCCCC3)nc12. The predicted octanol–water partition coefficient (Wildman–Crippen LogP) is 3.16. The number of nitrogens with one attached hydrogen (secondary N) is 1. The van der Waals surface area contributed by atoms with Gasteiger partial charge in [-0.2, -0.15) is 0 Å². The number of methoxy groups -OCH3 is 1. The molecule has 26 heavy (non-hydrogen) atoms. The van der Waals surface area contributed by atoms with Gasteiger partial charge in [0.15, 0.2) is 5.13 Å². The van der Waals surface area contributed by atoms with Crippen LogP contribution in [-0.4, -0.2) is 62.4 Å². The first-order valence-electron chi connectivity index (χ1n) is 9.12. The summed E-state index contributed by atoms with van der Waals surface area (Å²) in [4.78, 5) is 21.3. The summed E-state index contributed by atoms with van der Waals surface area (Å²) in [5, 5.41) is 3.60. The van der Waals surface area contributed by atoms with Crippen molar-refractivity contribution in [1.82, 2.24) is 9.88 Å². The van der Waals surface area contributed by atoms with E-state index in [-0.39, 0.29) is 6.03 Å². The number of benzene rings is 1. The molecule has 2 saturated heterocycles. The van der Waals surface area contributed by atoms with Crippen LogP contribution in [0.1, 0.15) is 19.3 Å². The van der Waals surface area contributed by atoms with E-state index in [2.05, 4.69) is 21.3 Å². The van der Waals surface area contributed by atoms with E-state index in [9.17, 15) is 4.79 Å². The molecule has 4 rings (SSSR count). The molecule has 0 bridgehead atoms. The second-order valence-corrected chi connectivity index (χ2v) is 7.56. The summed E-state index contributed by atoms with van der Waals surface area (Å²) in [7, 11) is 1.65. The van der Waals surface area contributed by atoms with Crippen molar-refractivity contribution in [2.75, 3.05) is 56.7 Å². The zero-order valence-electron chi connectivity index (χ0n) is 15.0. The van der Waals surface area contributed by atoms with Crippen LogP contribution in [0.2, 0.25) is 0 Å². The molecular formula is C18H24N4O3S. The van der Waals surface area contributed by atoms with E-state index in [0.29, 0.717) is 5.13 Å². The molecule has 7 nitrogen and oxygen atoms in total. The van der Waals surface area contributed by atoms with Crippen molar-refractivity contribution in [1.29, 1.82) is 0 Å². The van der Waals surface area contributed by atoms with Gasteiger partial charge in [-0.05, 0) is 31.4 Å². The summed E-state index contributed by atoms with van der Waals surface area (Å²) in [6.45, 7) is 4.80. The number of morpholine rings is 1. The number of ether oxygens (including phenoxy) is 2. The number of nitrogens with zero attached hydrogens (tertiary/aromatic N) is 3. The minimum absolute atomic E-state index is 0.0596. The third-order valence-corrected chi connectivity index (χ3v) is 5.91. The Balaban J connectivity index is 1.62. The number of hydrogen-bond donors (Lipinski definition) is 1. The Morgan fingerprint density at radius 2 is 1.96 bits per heavy atom. The summed E-state index contributed by atoms with van der Waals surface area (Å²) in [5.74, 6) is 0.728. The Bertz CT molecular complexity index is 782. The zero-order valence-corrected chi connectivity index (χ0v) is 15.8. The molecule has 2 fully saturated rings. The van der Waals surface area contributed by atoms with E-state index < -0.39 is 0 Å². The maximum atomic E-state index is 12.5. The molecule has 8 heteroatoms. The molecule has 0 atom stereocenters. The van der Waals surface area contributed by atoms with Gasteiger partial charge in [-0.15, -0.1) is 0 Å². The van der Waals surface area contributed by atoms with E-state index >= 15 is 0 Å². The fourth-order valence-corrected chi connectivity index (χ4v) is 4.52. The van der Waals surface area contributed by atoms with Gasteiger partial charge in [0.05, 0.1) is 30.7 Å². The predicted molar refractivity (Wildman–Crippen MR) is 104 cm³/mol. The molecule has 1 aromatic carbocycles. The van der Waals surface area contributed by atoms with Crippen molar-refractivity contribution in [2.24, 2.45) is 0 Å². The molecular weight excluding hydrogens is 352 g/mol. The lowest BCUT2D eigenvalue weighted by Crippen LogP contribution is -2.38. The Morgan fingerprint density at radius 3 is 2.69 bits per heavy atom. The van der Waals surface area contributed by atoms with Gasteiger partial charge in [0.1, 0.15) is 11.3 Å². The van der Waals surface area contributed by atoms with Crippen LogP contribution in [0.4, 0.5) is 15.6 Å². The molecule has 2 aliphatic rings. The molecule has 140 valence electrons. The number of urea groups is 1. The lowest BCUT2D eigenvalue weighted by molar-refractivity contribution is 0.123. The van der Waals surface area contributed by atoms with Crippen LogP contribution in [0.3, 0.4) is 0 Å². The van der Waals surface area contributed by atoms with Crippen molar-refractivity contribution in [3.63, 3.8) is 0 Å². The van der Waals surface area contributed by atoms with Crippen molar-refractivity contribution < 1.29 is 14.3 Å². The van der Waals surface area contributed by atoms with E-state index in [1.54, 1.807) is 7.11 Å².